The fourth-order valence-electron chi connectivity index (χ4n) is 2.79. The normalized spacial score (nSPS) is 15.2. The first-order valence-corrected chi connectivity index (χ1v) is 8.77. The number of nitrogens with zero attached hydrogens (tertiary/aromatic N) is 4. The molecular weight excluding hydrogens is 340 g/mol. The predicted molar refractivity (Wildman–Crippen MR) is 99.8 cm³/mol. The van der Waals surface area contributed by atoms with Crippen LogP contribution in [-0.2, 0) is 4.74 Å². The van der Waals surface area contributed by atoms with Crippen molar-refractivity contribution in [3.63, 3.8) is 0 Å². The molecule has 134 valence electrons. The monoisotopic (exact) mass is 362 g/mol. The molecule has 2 aromatic rings. The Balaban J connectivity index is 1.59. The van der Waals surface area contributed by atoms with Crippen LogP contribution in [0.15, 0.2) is 18.3 Å². The maximum absolute atomic E-state index is 6.32. The molecule has 1 aromatic heterocycles. The van der Waals surface area contributed by atoms with E-state index in [1.54, 1.807) is 6.20 Å². The van der Waals surface area contributed by atoms with Crippen molar-refractivity contribution in [3.8, 4) is 0 Å². The summed E-state index contributed by atoms with van der Waals surface area (Å²) in [6.07, 6.45) is 1.62. The van der Waals surface area contributed by atoms with Gasteiger partial charge in [0.1, 0.15) is 0 Å². The Hall–Kier alpha value is -1.96. The molecule has 8 heteroatoms. The van der Waals surface area contributed by atoms with Crippen LogP contribution >= 0.6 is 11.6 Å². The Morgan fingerprint density at radius 3 is 2.80 bits per heavy atom. The minimum absolute atomic E-state index is 0.422. The van der Waals surface area contributed by atoms with E-state index >= 15 is 0 Å². The second-order valence-corrected chi connectivity index (χ2v) is 6.52. The van der Waals surface area contributed by atoms with Gasteiger partial charge in [0.15, 0.2) is 5.82 Å². The Kier molecular flexibility index (Phi) is 6.01. The highest BCUT2D eigenvalue weighted by molar-refractivity contribution is 6.33. The van der Waals surface area contributed by atoms with E-state index in [4.69, 9.17) is 16.3 Å². The minimum Gasteiger partial charge on any atom is -0.379 e. The van der Waals surface area contributed by atoms with Crippen LogP contribution in [0.25, 0.3) is 0 Å². The molecule has 0 spiro atoms. The lowest BCUT2D eigenvalue weighted by Gasteiger charge is -2.26. The Bertz CT molecular complexity index is 697. The van der Waals surface area contributed by atoms with Crippen molar-refractivity contribution >= 4 is 29.1 Å². The summed E-state index contributed by atoms with van der Waals surface area (Å²) in [6.45, 7) is 9.31. The molecule has 1 aliphatic rings. The van der Waals surface area contributed by atoms with Crippen molar-refractivity contribution in [2.24, 2.45) is 0 Å². The number of benzene rings is 1. The van der Waals surface area contributed by atoms with Gasteiger partial charge in [0.25, 0.3) is 0 Å². The lowest BCUT2D eigenvalue weighted by Crippen LogP contribution is -2.39. The highest BCUT2D eigenvalue weighted by Gasteiger charge is 2.10. The third-order valence-corrected chi connectivity index (χ3v) is 4.36. The van der Waals surface area contributed by atoms with E-state index in [-0.39, 0.29) is 0 Å². The van der Waals surface area contributed by atoms with Crippen molar-refractivity contribution < 1.29 is 4.74 Å². The maximum atomic E-state index is 6.32. The van der Waals surface area contributed by atoms with E-state index in [2.05, 4.69) is 36.8 Å². The summed E-state index contributed by atoms with van der Waals surface area (Å²) in [5.74, 6) is 1.11. The van der Waals surface area contributed by atoms with E-state index in [9.17, 15) is 0 Å². The summed E-state index contributed by atoms with van der Waals surface area (Å²) in [6, 6.07) is 3.97. The zero-order valence-electron chi connectivity index (χ0n) is 14.5. The molecule has 25 heavy (non-hydrogen) atoms. The highest BCUT2D eigenvalue weighted by Crippen LogP contribution is 2.29. The number of hydrogen-bond donors (Lipinski definition) is 2. The molecule has 0 atom stereocenters. The van der Waals surface area contributed by atoms with E-state index in [0.29, 0.717) is 16.8 Å². The van der Waals surface area contributed by atoms with Crippen LogP contribution in [-0.4, -0.2) is 59.5 Å². The van der Waals surface area contributed by atoms with Crippen molar-refractivity contribution in [2.45, 2.75) is 13.8 Å². The van der Waals surface area contributed by atoms with Gasteiger partial charge < -0.3 is 15.4 Å². The first-order valence-electron chi connectivity index (χ1n) is 8.39. The molecule has 0 aliphatic carbocycles. The van der Waals surface area contributed by atoms with Crippen LogP contribution in [0, 0.1) is 13.8 Å². The molecule has 3 rings (SSSR count). The maximum Gasteiger partial charge on any atom is 0.249 e. The molecule has 0 unspecified atom stereocenters. The first-order chi connectivity index (χ1) is 12.1. The van der Waals surface area contributed by atoms with Crippen LogP contribution in [0.2, 0.25) is 5.02 Å². The molecule has 2 N–H and O–H groups in total. The molecule has 1 fully saturated rings. The van der Waals surface area contributed by atoms with Crippen LogP contribution < -0.4 is 10.6 Å². The minimum atomic E-state index is 0.422. The average Bonchev–Trinajstić information content (AvgIpc) is 2.59. The summed E-state index contributed by atoms with van der Waals surface area (Å²) in [4.78, 5) is 6.82. The van der Waals surface area contributed by atoms with Gasteiger partial charge in [0.2, 0.25) is 5.95 Å². The molecule has 1 aromatic carbocycles. The van der Waals surface area contributed by atoms with Crippen molar-refractivity contribution in [3.05, 3.63) is 34.5 Å². The number of aromatic nitrogens is 3. The van der Waals surface area contributed by atoms with E-state index in [1.807, 2.05) is 19.9 Å². The average molecular weight is 363 g/mol. The van der Waals surface area contributed by atoms with Gasteiger partial charge in [-0.25, -0.2) is 0 Å². The third-order valence-electron chi connectivity index (χ3n) is 4.07. The number of anilines is 3. The largest absolute Gasteiger partial charge is 0.379 e. The number of morpholine rings is 1. The van der Waals surface area contributed by atoms with Gasteiger partial charge in [0, 0.05) is 26.2 Å². The van der Waals surface area contributed by atoms with Gasteiger partial charge in [-0.15, -0.1) is 5.10 Å². The molecule has 0 radical (unpaired) electrons. The zero-order valence-corrected chi connectivity index (χ0v) is 15.3. The number of halogens is 1. The number of aryl methyl sites for hydroxylation is 2. The summed E-state index contributed by atoms with van der Waals surface area (Å²) in [5.41, 5.74) is 2.96. The topological polar surface area (TPSA) is 75.2 Å². The van der Waals surface area contributed by atoms with E-state index < -0.39 is 0 Å². The molecule has 1 aliphatic heterocycles. The number of nitrogens with one attached hydrogen (secondary N) is 2. The van der Waals surface area contributed by atoms with Crippen LogP contribution in [0.4, 0.5) is 17.5 Å². The van der Waals surface area contributed by atoms with E-state index in [1.165, 1.54) is 0 Å². The SMILES string of the molecule is Cc1cc(C)c(Nc2nncc(NCCN3CCOCC3)n2)c(Cl)c1. The summed E-state index contributed by atoms with van der Waals surface area (Å²) in [7, 11) is 0. The van der Waals surface area contributed by atoms with Gasteiger partial charge >= 0.3 is 0 Å². The smallest absolute Gasteiger partial charge is 0.249 e. The quantitative estimate of drug-likeness (QED) is 0.818. The Morgan fingerprint density at radius 2 is 2.04 bits per heavy atom. The van der Waals surface area contributed by atoms with Crippen molar-refractivity contribution in [2.75, 3.05) is 50.0 Å². The number of rotatable bonds is 6. The molecule has 0 saturated carbocycles. The highest BCUT2D eigenvalue weighted by atomic mass is 35.5. The fraction of sp³-hybridized carbons (Fsp3) is 0.471. The second-order valence-electron chi connectivity index (χ2n) is 6.11. The Morgan fingerprint density at radius 1 is 1.24 bits per heavy atom. The second kappa shape index (κ2) is 8.42. The predicted octanol–water partition coefficient (Wildman–Crippen LogP) is 2.63. The van der Waals surface area contributed by atoms with Crippen LogP contribution in [0.1, 0.15) is 11.1 Å². The number of hydrogen-bond acceptors (Lipinski definition) is 7. The van der Waals surface area contributed by atoms with Gasteiger partial charge in [-0.2, -0.15) is 10.1 Å². The lowest BCUT2D eigenvalue weighted by molar-refractivity contribution is 0.0398. The fourth-order valence-corrected chi connectivity index (χ4v) is 3.16. The first kappa shape index (κ1) is 17.8. The Labute approximate surface area is 152 Å². The van der Waals surface area contributed by atoms with Gasteiger partial charge in [-0.3, -0.25) is 4.90 Å². The standard InChI is InChI=1S/C17H23ClN6O/c1-12-9-13(2)16(14(18)10-12)22-17-21-15(11-20-23-17)19-3-4-24-5-7-25-8-6-24/h9-11H,3-8H2,1-2H3,(H2,19,21,22,23). The van der Waals surface area contributed by atoms with E-state index in [0.717, 1.165) is 56.2 Å². The lowest BCUT2D eigenvalue weighted by atomic mass is 10.1. The third kappa shape index (κ3) is 5.01. The molecular formula is C17H23ClN6O. The van der Waals surface area contributed by atoms with Crippen molar-refractivity contribution in [1.82, 2.24) is 20.1 Å². The van der Waals surface area contributed by atoms with Gasteiger partial charge in [0.05, 0.1) is 30.1 Å². The summed E-state index contributed by atoms with van der Waals surface area (Å²) >= 11 is 6.32. The molecule has 0 amide bonds. The van der Waals surface area contributed by atoms with Gasteiger partial charge in [-0.1, -0.05) is 17.7 Å². The van der Waals surface area contributed by atoms with Gasteiger partial charge in [-0.05, 0) is 31.0 Å². The zero-order chi connectivity index (χ0) is 17.6. The summed E-state index contributed by atoms with van der Waals surface area (Å²) < 4.78 is 5.35. The van der Waals surface area contributed by atoms with Crippen molar-refractivity contribution in [1.29, 1.82) is 0 Å². The molecule has 0 bridgehead atoms. The molecule has 1 saturated heterocycles. The molecule has 2 heterocycles. The summed E-state index contributed by atoms with van der Waals surface area (Å²) in [5, 5.41) is 15.1. The molecule has 7 nitrogen and oxygen atoms in total. The van der Waals surface area contributed by atoms with Crippen LogP contribution in [0.3, 0.4) is 0 Å². The number of ether oxygens (including phenoxy) is 1. The van der Waals surface area contributed by atoms with Crippen LogP contribution in [0.5, 0.6) is 0 Å².